The van der Waals surface area contributed by atoms with Crippen molar-refractivity contribution in [1.82, 2.24) is 0 Å². The molecule has 0 aliphatic heterocycles. The Labute approximate surface area is 177 Å². The van der Waals surface area contributed by atoms with Crippen LogP contribution in [0.4, 0.5) is 0 Å². The zero-order valence-electron chi connectivity index (χ0n) is 17.7. The first-order valence-corrected chi connectivity index (χ1v) is 10.3. The molecule has 2 aromatic heterocycles. The molecule has 0 aliphatic carbocycles. The first-order valence-electron chi connectivity index (χ1n) is 10.3. The molecule has 2 heterocycles. The lowest BCUT2D eigenvalue weighted by Gasteiger charge is -2.11. The fourth-order valence-electron chi connectivity index (χ4n) is 3.39. The van der Waals surface area contributed by atoms with E-state index in [9.17, 15) is 19.2 Å². The van der Waals surface area contributed by atoms with Gasteiger partial charge in [-0.25, -0.2) is 4.79 Å². The van der Waals surface area contributed by atoms with E-state index >= 15 is 0 Å². The summed E-state index contributed by atoms with van der Waals surface area (Å²) in [5, 5.41) is 0.433. The zero-order chi connectivity index (χ0) is 22.5. The number of carbonyl (C=O) groups is 2. The van der Waals surface area contributed by atoms with Gasteiger partial charge in [-0.05, 0) is 26.3 Å². The van der Waals surface area contributed by atoms with Crippen LogP contribution >= 0.6 is 0 Å². The van der Waals surface area contributed by atoms with Gasteiger partial charge >= 0.3 is 11.9 Å². The average molecular weight is 428 g/mol. The maximum atomic E-state index is 12.8. The van der Waals surface area contributed by atoms with Gasteiger partial charge in [0, 0.05) is 24.1 Å². The summed E-state index contributed by atoms with van der Waals surface area (Å²) in [4.78, 5) is 49.2. The van der Waals surface area contributed by atoms with Crippen molar-refractivity contribution in [2.45, 2.75) is 46.5 Å². The molecule has 0 aliphatic rings. The van der Waals surface area contributed by atoms with Gasteiger partial charge in [0.05, 0.1) is 30.4 Å². The number of benzene rings is 1. The van der Waals surface area contributed by atoms with Gasteiger partial charge in [0.1, 0.15) is 16.9 Å². The van der Waals surface area contributed by atoms with Crippen LogP contribution in [0.3, 0.4) is 0 Å². The van der Waals surface area contributed by atoms with Crippen molar-refractivity contribution in [1.29, 1.82) is 0 Å². The molecule has 1 aromatic carbocycles. The molecule has 0 atom stereocenters. The lowest BCUT2D eigenvalue weighted by atomic mass is 10.0. The Morgan fingerprint density at radius 3 is 2.13 bits per heavy atom. The summed E-state index contributed by atoms with van der Waals surface area (Å²) in [6.07, 6.45) is 1.40. The Morgan fingerprint density at radius 2 is 1.48 bits per heavy atom. The highest BCUT2D eigenvalue weighted by molar-refractivity contribution is 5.98. The first-order chi connectivity index (χ1) is 14.9. The summed E-state index contributed by atoms with van der Waals surface area (Å²) in [6, 6.07) is 3.81. The van der Waals surface area contributed by atoms with Crippen molar-refractivity contribution in [3.8, 4) is 0 Å². The number of esters is 2. The minimum absolute atomic E-state index is 0.0705. The molecule has 3 aromatic rings. The van der Waals surface area contributed by atoms with Crippen LogP contribution in [0, 0.1) is 0 Å². The minimum Gasteiger partial charge on any atom is -0.466 e. The highest BCUT2D eigenvalue weighted by atomic mass is 16.5. The lowest BCUT2D eigenvalue weighted by molar-refractivity contribution is -0.143. The number of ether oxygens (including phenoxy) is 2. The van der Waals surface area contributed by atoms with Crippen molar-refractivity contribution in [3.63, 3.8) is 0 Å². The van der Waals surface area contributed by atoms with Gasteiger partial charge in [-0.3, -0.25) is 14.4 Å². The average Bonchev–Trinajstić information content (AvgIpc) is 2.73. The number of aryl methyl sites for hydroxylation is 2. The van der Waals surface area contributed by atoms with Crippen LogP contribution in [0.2, 0.25) is 0 Å². The Bertz CT molecular complexity index is 1250. The van der Waals surface area contributed by atoms with Crippen molar-refractivity contribution in [2.75, 3.05) is 13.2 Å². The molecule has 0 amide bonds. The topological polar surface area (TPSA) is 113 Å². The van der Waals surface area contributed by atoms with Gasteiger partial charge < -0.3 is 18.3 Å². The van der Waals surface area contributed by atoms with E-state index in [4.69, 9.17) is 18.3 Å². The number of fused-ring (bicyclic) bond motifs is 2. The van der Waals surface area contributed by atoms with Crippen LogP contribution in [0.15, 0.2) is 36.6 Å². The van der Waals surface area contributed by atoms with Gasteiger partial charge in [-0.1, -0.05) is 13.3 Å². The standard InChI is InChI=1S/C23H24O8/c1-4-7-14-21-15(17(24)10-13(30-21)8-9-20(26)28-5-2)11-16-18(25)12-19(31-22(14)16)23(27)29-6-3/h10-12H,4-9H2,1-3H3. The molecule has 8 nitrogen and oxygen atoms in total. The first kappa shape index (κ1) is 22.3. The zero-order valence-corrected chi connectivity index (χ0v) is 17.7. The highest BCUT2D eigenvalue weighted by Crippen LogP contribution is 2.28. The van der Waals surface area contributed by atoms with Gasteiger partial charge in [0.2, 0.25) is 5.76 Å². The highest BCUT2D eigenvalue weighted by Gasteiger charge is 2.20. The fourth-order valence-corrected chi connectivity index (χ4v) is 3.39. The normalized spacial score (nSPS) is 11.1. The molecule has 0 bridgehead atoms. The van der Waals surface area contributed by atoms with E-state index < -0.39 is 11.4 Å². The summed E-state index contributed by atoms with van der Waals surface area (Å²) < 4.78 is 21.6. The minimum atomic E-state index is -0.742. The molecule has 0 unspecified atom stereocenters. The molecule has 31 heavy (non-hydrogen) atoms. The second-order valence-corrected chi connectivity index (χ2v) is 6.94. The van der Waals surface area contributed by atoms with E-state index in [1.807, 2.05) is 6.92 Å². The van der Waals surface area contributed by atoms with Crippen molar-refractivity contribution < 1.29 is 27.9 Å². The molecule has 0 radical (unpaired) electrons. The maximum absolute atomic E-state index is 12.8. The molecular weight excluding hydrogens is 404 g/mol. The number of carbonyl (C=O) groups excluding carboxylic acids is 2. The predicted molar refractivity (Wildman–Crippen MR) is 113 cm³/mol. The molecule has 0 N–H and O–H groups in total. The van der Waals surface area contributed by atoms with Crippen LogP contribution in [0.1, 0.15) is 55.5 Å². The predicted octanol–water partition coefficient (Wildman–Crippen LogP) is 3.52. The maximum Gasteiger partial charge on any atom is 0.374 e. The van der Waals surface area contributed by atoms with Gasteiger partial charge in [-0.2, -0.15) is 0 Å². The molecule has 0 spiro atoms. The molecule has 8 heteroatoms. The molecule has 3 rings (SSSR count). The second-order valence-electron chi connectivity index (χ2n) is 6.94. The summed E-state index contributed by atoms with van der Waals surface area (Å²) in [5.41, 5.74) is 0.219. The van der Waals surface area contributed by atoms with E-state index in [1.165, 1.54) is 12.1 Å². The number of hydrogen-bond donors (Lipinski definition) is 0. The van der Waals surface area contributed by atoms with Crippen LogP contribution in [0.5, 0.6) is 0 Å². The molecule has 0 saturated heterocycles. The van der Waals surface area contributed by atoms with Gasteiger partial charge in [0.25, 0.3) is 0 Å². The molecule has 0 fully saturated rings. The van der Waals surface area contributed by atoms with E-state index in [0.717, 1.165) is 6.07 Å². The van der Waals surface area contributed by atoms with Crippen LogP contribution in [-0.2, 0) is 27.1 Å². The summed E-state index contributed by atoms with van der Waals surface area (Å²) in [6.45, 7) is 5.71. The van der Waals surface area contributed by atoms with Crippen molar-refractivity contribution in [2.24, 2.45) is 0 Å². The Balaban J connectivity index is 2.22. The summed E-state index contributed by atoms with van der Waals surface area (Å²) in [7, 11) is 0. The Hall–Kier alpha value is -3.42. The van der Waals surface area contributed by atoms with E-state index in [-0.39, 0.29) is 65.2 Å². The van der Waals surface area contributed by atoms with Crippen molar-refractivity contribution >= 4 is 33.9 Å². The third-order valence-corrected chi connectivity index (χ3v) is 4.71. The Morgan fingerprint density at radius 1 is 0.839 bits per heavy atom. The van der Waals surface area contributed by atoms with Gasteiger partial charge in [0.15, 0.2) is 10.9 Å². The molecule has 164 valence electrons. The van der Waals surface area contributed by atoms with E-state index in [2.05, 4.69) is 0 Å². The quantitative estimate of drug-likeness (QED) is 0.396. The summed E-state index contributed by atoms with van der Waals surface area (Å²) in [5.74, 6) is -1.01. The summed E-state index contributed by atoms with van der Waals surface area (Å²) >= 11 is 0. The smallest absolute Gasteiger partial charge is 0.374 e. The largest absolute Gasteiger partial charge is 0.466 e. The third kappa shape index (κ3) is 4.68. The van der Waals surface area contributed by atoms with Crippen LogP contribution in [0.25, 0.3) is 21.9 Å². The fraction of sp³-hybridized carbons (Fsp3) is 0.391. The molecule has 0 saturated carbocycles. The monoisotopic (exact) mass is 428 g/mol. The third-order valence-electron chi connectivity index (χ3n) is 4.71. The SMILES string of the molecule is CCCc1c2oc(CCC(=O)OCC)cc(=O)c2cc2c(=O)cc(C(=O)OCC)oc12. The second kappa shape index (κ2) is 9.59. The van der Waals surface area contributed by atoms with Crippen LogP contribution < -0.4 is 10.9 Å². The number of hydrogen-bond acceptors (Lipinski definition) is 8. The van der Waals surface area contributed by atoms with E-state index in [0.29, 0.717) is 24.2 Å². The van der Waals surface area contributed by atoms with Gasteiger partial charge in [-0.15, -0.1) is 0 Å². The lowest BCUT2D eigenvalue weighted by Crippen LogP contribution is -2.12. The van der Waals surface area contributed by atoms with Crippen molar-refractivity contribution in [3.05, 3.63) is 55.7 Å². The van der Waals surface area contributed by atoms with E-state index in [1.54, 1.807) is 13.8 Å². The Kier molecular flexibility index (Phi) is 6.89. The molecular formula is C23H24O8. The van der Waals surface area contributed by atoms with Crippen LogP contribution in [-0.4, -0.2) is 25.2 Å². The number of rotatable bonds is 8.